The lowest BCUT2D eigenvalue weighted by Crippen LogP contribution is -2.01. The second-order valence-corrected chi connectivity index (χ2v) is 4.52. The fourth-order valence-corrected chi connectivity index (χ4v) is 2.35. The van der Waals surface area contributed by atoms with Gasteiger partial charge in [0.05, 0.1) is 12.3 Å². The van der Waals surface area contributed by atoms with Gasteiger partial charge in [-0.1, -0.05) is 6.07 Å². The van der Waals surface area contributed by atoms with E-state index in [1.165, 1.54) is 5.56 Å². The van der Waals surface area contributed by atoms with Crippen molar-refractivity contribution in [2.75, 3.05) is 6.61 Å². The molecule has 0 atom stereocenters. The lowest BCUT2D eigenvalue weighted by Gasteiger charge is -2.12. The van der Waals surface area contributed by atoms with Gasteiger partial charge in [-0.2, -0.15) is 10.4 Å². The molecule has 2 heterocycles. The van der Waals surface area contributed by atoms with Crippen LogP contribution in [0.25, 0.3) is 11.3 Å². The Hall–Kier alpha value is -2.28. The highest BCUT2D eigenvalue weighted by molar-refractivity contribution is 5.74. The molecule has 0 saturated heterocycles. The van der Waals surface area contributed by atoms with Crippen molar-refractivity contribution in [3.63, 3.8) is 0 Å². The van der Waals surface area contributed by atoms with E-state index in [-0.39, 0.29) is 0 Å². The number of ether oxygens (including phenoxy) is 1. The van der Waals surface area contributed by atoms with Crippen LogP contribution in [0.4, 0.5) is 0 Å². The number of aryl methyl sites for hydroxylation is 1. The first-order valence-corrected chi connectivity index (χ1v) is 5.93. The summed E-state index contributed by atoms with van der Waals surface area (Å²) in [7, 11) is 0. The van der Waals surface area contributed by atoms with Crippen LogP contribution in [0, 0.1) is 25.2 Å². The second kappa shape index (κ2) is 3.88. The predicted octanol–water partition coefficient (Wildman–Crippen LogP) is 2.50. The van der Waals surface area contributed by atoms with Gasteiger partial charge in [0.2, 0.25) is 0 Å². The van der Waals surface area contributed by atoms with Crippen molar-refractivity contribution in [3.8, 4) is 23.1 Å². The third-order valence-corrected chi connectivity index (χ3v) is 3.52. The fraction of sp³-hybridized carbons (Fsp3) is 0.286. The maximum absolute atomic E-state index is 9.05. The van der Waals surface area contributed by atoms with Crippen LogP contribution in [0.15, 0.2) is 12.1 Å². The SMILES string of the molecule is Cc1ccc2c(c1C)OCCc1c(C#N)n[nH]c1-2. The summed E-state index contributed by atoms with van der Waals surface area (Å²) in [5.41, 5.74) is 5.70. The normalized spacial score (nSPS) is 12.9. The van der Waals surface area contributed by atoms with Gasteiger partial charge < -0.3 is 4.74 Å². The molecule has 0 unspecified atom stereocenters. The fourth-order valence-electron chi connectivity index (χ4n) is 2.35. The van der Waals surface area contributed by atoms with E-state index in [4.69, 9.17) is 10.00 Å². The van der Waals surface area contributed by atoms with Crippen LogP contribution in [0.3, 0.4) is 0 Å². The van der Waals surface area contributed by atoms with Gasteiger partial charge >= 0.3 is 0 Å². The average Bonchev–Trinajstić information content (AvgIpc) is 2.68. The Morgan fingerprint density at radius 2 is 2.22 bits per heavy atom. The Bertz CT molecular complexity index is 664. The molecule has 18 heavy (non-hydrogen) atoms. The Balaban J connectivity index is 2.29. The molecule has 3 rings (SSSR count). The van der Waals surface area contributed by atoms with E-state index in [2.05, 4.69) is 36.2 Å². The molecule has 0 amide bonds. The van der Waals surface area contributed by atoms with Crippen LogP contribution < -0.4 is 4.74 Å². The van der Waals surface area contributed by atoms with Gasteiger partial charge in [-0.25, -0.2) is 0 Å². The highest BCUT2D eigenvalue weighted by Gasteiger charge is 2.22. The summed E-state index contributed by atoms with van der Waals surface area (Å²) < 4.78 is 5.84. The Labute approximate surface area is 105 Å². The third kappa shape index (κ3) is 1.41. The largest absolute Gasteiger partial charge is 0.492 e. The van der Waals surface area contributed by atoms with E-state index in [1.54, 1.807) is 0 Å². The number of hydrogen-bond donors (Lipinski definition) is 1. The Morgan fingerprint density at radius 3 is 3.00 bits per heavy atom. The van der Waals surface area contributed by atoms with E-state index in [0.29, 0.717) is 18.7 Å². The van der Waals surface area contributed by atoms with Crippen molar-refractivity contribution < 1.29 is 4.74 Å². The molecular weight excluding hydrogens is 226 g/mol. The highest BCUT2D eigenvalue weighted by Crippen LogP contribution is 2.38. The molecule has 1 aliphatic rings. The number of aromatic nitrogens is 2. The molecule has 0 radical (unpaired) electrons. The molecule has 0 bridgehead atoms. The average molecular weight is 239 g/mol. The van der Waals surface area contributed by atoms with E-state index >= 15 is 0 Å². The summed E-state index contributed by atoms with van der Waals surface area (Å²) in [6.07, 6.45) is 0.710. The topological polar surface area (TPSA) is 61.7 Å². The third-order valence-electron chi connectivity index (χ3n) is 3.52. The number of aromatic amines is 1. The molecule has 0 saturated carbocycles. The lowest BCUT2D eigenvalue weighted by atomic mass is 9.99. The summed E-state index contributed by atoms with van der Waals surface area (Å²) in [5.74, 6) is 0.905. The molecule has 0 fully saturated rings. The molecular formula is C14H13N3O. The molecule has 0 aliphatic carbocycles. The Kier molecular flexibility index (Phi) is 2.34. The zero-order valence-corrected chi connectivity index (χ0v) is 10.4. The van der Waals surface area contributed by atoms with Crippen LogP contribution in [0.5, 0.6) is 5.75 Å². The summed E-state index contributed by atoms with van der Waals surface area (Å²) in [5, 5.41) is 16.1. The molecule has 2 aromatic rings. The molecule has 1 aromatic carbocycles. The minimum atomic E-state index is 0.472. The summed E-state index contributed by atoms with van der Waals surface area (Å²) in [6.45, 7) is 4.71. The van der Waals surface area contributed by atoms with Crippen molar-refractivity contribution in [2.24, 2.45) is 0 Å². The molecule has 1 N–H and O–H groups in total. The molecule has 4 nitrogen and oxygen atoms in total. The number of nitriles is 1. The predicted molar refractivity (Wildman–Crippen MR) is 67.4 cm³/mol. The van der Waals surface area contributed by atoms with Crippen molar-refractivity contribution in [2.45, 2.75) is 20.3 Å². The van der Waals surface area contributed by atoms with Crippen LogP contribution in [0.2, 0.25) is 0 Å². The number of nitrogens with one attached hydrogen (secondary N) is 1. The van der Waals surface area contributed by atoms with Gasteiger partial charge in [0.15, 0.2) is 5.69 Å². The molecule has 1 aromatic heterocycles. The van der Waals surface area contributed by atoms with Gasteiger partial charge in [0.1, 0.15) is 11.8 Å². The highest BCUT2D eigenvalue weighted by atomic mass is 16.5. The number of H-pyrrole nitrogens is 1. The standard InChI is InChI=1S/C14H13N3O/c1-8-3-4-11-13-10(12(7-15)16-17-13)5-6-18-14(11)9(8)2/h3-4H,5-6H2,1-2H3,(H,16,17). The minimum Gasteiger partial charge on any atom is -0.492 e. The van der Waals surface area contributed by atoms with E-state index in [9.17, 15) is 0 Å². The number of fused-ring (bicyclic) bond motifs is 3. The van der Waals surface area contributed by atoms with E-state index in [0.717, 1.165) is 28.1 Å². The summed E-state index contributed by atoms with van der Waals surface area (Å²) in [4.78, 5) is 0. The van der Waals surface area contributed by atoms with Gasteiger partial charge in [-0.05, 0) is 31.0 Å². The first kappa shape index (κ1) is 10.8. The molecule has 1 aliphatic heterocycles. The smallest absolute Gasteiger partial charge is 0.166 e. The first-order valence-electron chi connectivity index (χ1n) is 5.93. The van der Waals surface area contributed by atoms with Crippen LogP contribution in [-0.4, -0.2) is 16.8 Å². The second-order valence-electron chi connectivity index (χ2n) is 4.52. The van der Waals surface area contributed by atoms with Gasteiger partial charge in [0, 0.05) is 17.5 Å². The zero-order valence-electron chi connectivity index (χ0n) is 10.4. The van der Waals surface area contributed by atoms with Crippen LogP contribution in [0.1, 0.15) is 22.4 Å². The van der Waals surface area contributed by atoms with Crippen LogP contribution in [-0.2, 0) is 6.42 Å². The molecule has 4 heteroatoms. The van der Waals surface area contributed by atoms with Gasteiger partial charge in [-0.3, -0.25) is 5.10 Å². The number of benzene rings is 1. The lowest BCUT2D eigenvalue weighted by molar-refractivity contribution is 0.324. The monoisotopic (exact) mass is 239 g/mol. The van der Waals surface area contributed by atoms with Crippen LogP contribution >= 0.6 is 0 Å². The maximum atomic E-state index is 9.05. The van der Waals surface area contributed by atoms with Crippen molar-refractivity contribution in [1.29, 1.82) is 5.26 Å². The zero-order chi connectivity index (χ0) is 12.7. The summed E-state index contributed by atoms with van der Waals surface area (Å²) >= 11 is 0. The number of hydrogen-bond acceptors (Lipinski definition) is 3. The number of rotatable bonds is 0. The van der Waals surface area contributed by atoms with E-state index < -0.39 is 0 Å². The minimum absolute atomic E-state index is 0.472. The first-order chi connectivity index (χ1) is 8.72. The molecule has 0 spiro atoms. The van der Waals surface area contributed by atoms with Crippen molar-refractivity contribution >= 4 is 0 Å². The van der Waals surface area contributed by atoms with Crippen molar-refractivity contribution in [3.05, 3.63) is 34.5 Å². The summed E-state index contributed by atoms with van der Waals surface area (Å²) in [6, 6.07) is 6.22. The quantitative estimate of drug-likeness (QED) is 0.768. The van der Waals surface area contributed by atoms with Crippen molar-refractivity contribution in [1.82, 2.24) is 10.2 Å². The molecule has 90 valence electrons. The number of nitrogens with zero attached hydrogens (tertiary/aromatic N) is 2. The van der Waals surface area contributed by atoms with Gasteiger partial charge in [-0.15, -0.1) is 0 Å². The maximum Gasteiger partial charge on any atom is 0.166 e. The van der Waals surface area contributed by atoms with E-state index in [1.807, 2.05) is 6.07 Å². The Morgan fingerprint density at radius 1 is 1.39 bits per heavy atom. The van der Waals surface area contributed by atoms with Gasteiger partial charge in [0.25, 0.3) is 0 Å².